The van der Waals surface area contributed by atoms with E-state index < -0.39 is 18.0 Å². The van der Waals surface area contributed by atoms with Gasteiger partial charge in [-0.3, -0.25) is 4.98 Å². The molecule has 0 radical (unpaired) electrons. The van der Waals surface area contributed by atoms with E-state index >= 15 is 0 Å². The molecule has 2 aromatic carbocycles. The summed E-state index contributed by atoms with van der Waals surface area (Å²) in [6.45, 7) is 1.81. The predicted molar refractivity (Wildman–Crippen MR) is 103 cm³/mol. The molecule has 5 nitrogen and oxygen atoms in total. The molecule has 1 atom stereocenters. The van der Waals surface area contributed by atoms with E-state index in [1.165, 1.54) is 13.2 Å². The van der Waals surface area contributed by atoms with E-state index in [1.54, 1.807) is 36.5 Å². The van der Waals surface area contributed by atoms with E-state index in [2.05, 4.69) is 9.72 Å². The fraction of sp³-hybridized carbons (Fsp3) is 0.136. The Morgan fingerprint density at radius 1 is 1.07 bits per heavy atom. The molecule has 0 amide bonds. The van der Waals surface area contributed by atoms with Gasteiger partial charge in [-0.05, 0) is 42.8 Å². The van der Waals surface area contributed by atoms with Crippen molar-refractivity contribution in [2.75, 3.05) is 7.11 Å². The van der Waals surface area contributed by atoms with Gasteiger partial charge in [0.15, 0.2) is 0 Å². The molecule has 0 saturated heterocycles. The van der Waals surface area contributed by atoms with E-state index in [1.807, 2.05) is 37.3 Å². The van der Waals surface area contributed by atoms with E-state index in [0.717, 1.165) is 22.0 Å². The van der Waals surface area contributed by atoms with Crippen molar-refractivity contribution in [1.29, 1.82) is 0 Å². The predicted octanol–water partition coefficient (Wildman–Crippen LogP) is 4.34. The van der Waals surface area contributed by atoms with Crippen molar-refractivity contribution in [3.05, 3.63) is 83.6 Å². The summed E-state index contributed by atoms with van der Waals surface area (Å²) in [6, 6.07) is 16.5. The van der Waals surface area contributed by atoms with Crippen LogP contribution in [0.3, 0.4) is 0 Å². The number of hydrogen-bond acceptors (Lipinski definition) is 5. The summed E-state index contributed by atoms with van der Waals surface area (Å²) >= 11 is 0. The number of aromatic nitrogens is 1. The highest BCUT2D eigenvalue weighted by molar-refractivity contribution is 5.90. The molecule has 5 heteroatoms. The Bertz CT molecular complexity index is 993. The summed E-state index contributed by atoms with van der Waals surface area (Å²) in [7, 11) is 1.33. The molecule has 136 valence electrons. The fourth-order valence-corrected chi connectivity index (χ4v) is 2.60. The van der Waals surface area contributed by atoms with Gasteiger partial charge in [0.05, 0.1) is 18.2 Å². The van der Waals surface area contributed by atoms with Crippen molar-refractivity contribution in [2.24, 2.45) is 0 Å². The molecule has 0 fully saturated rings. The Balaban J connectivity index is 1.63. The number of pyridine rings is 1. The van der Waals surface area contributed by atoms with Crippen LogP contribution in [0.1, 0.15) is 34.5 Å². The van der Waals surface area contributed by atoms with Crippen molar-refractivity contribution in [3.63, 3.8) is 0 Å². The first-order valence-electron chi connectivity index (χ1n) is 8.48. The SMILES string of the molecule is COC(=O)c1ccc(/C=C/C(=O)OC(C)c2cnc3ccccc3c2)cc1. The van der Waals surface area contributed by atoms with E-state index in [0.29, 0.717) is 5.56 Å². The smallest absolute Gasteiger partial charge is 0.337 e. The molecule has 0 N–H and O–H groups in total. The van der Waals surface area contributed by atoms with Crippen LogP contribution in [0.5, 0.6) is 0 Å². The van der Waals surface area contributed by atoms with Crippen LogP contribution in [0.2, 0.25) is 0 Å². The first-order valence-corrected chi connectivity index (χ1v) is 8.48. The molecule has 0 saturated carbocycles. The Hall–Kier alpha value is -3.47. The summed E-state index contributed by atoms with van der Waals surface area (Å²) in [5.74, 6) is -0.851. The second-order valence-corrected chi connectivity index (χ2v) is 5.99. The first-order chi connectivity index (χ1) is 13.1. The highest BCUT2D eigenvalue weighted by atomic mass is 16.5. The van der Waals surface area contributed by atoms with Crippen molar-refractivity contribution in [2.45, 2.75) is 13.0 Å². The third-order valence-corrected chi connectivity index (χ3v) is 4.12. The molecule has 0 aliphatic heterocycles. The zero-order chi connectivity index (χ0) is 19.2. The maximum absolute atomic E-state index is 12.1. The van der Waals surface area contributed by atoms with Gasteiger partial charge in [0.1, 0.15) is 6.10 Å². The Morgan fingerprint density at radius 3 is 2.56 bits per heavy atom. The van der Waals surface area contributed by atoms with E-state index in [4.69, 9.17) is 4.74 Å². The minimum atomic E-state index is -0.451. The molecule has 3 rings (SSSR count). The Morgan fingerprint density at radius 2 is 1.81 bits per heavy atom. The molecule has 27 heavy (non-hydrogen) atoms. The third-order valence-electron chi connectivity index (χ3n) is 4.12. The molecule has 0 bridgehead atoms. The van der Waals surface area contributed by atoms with Gasteiger partial charge < -0.3 is 9.47 Å². The van der Waals surface area contributed by atoms with Gasteiger partial charge >= 0.3 is 11.9 Å². The monoisotopic (exact) mass is 361 g/mol. The van der Waals surface area contributed by atoms with Crippen LogP contribution in [0.15, 0.2) is 66.9 Å². The molecule has 1 unspecified atom stereocenters. The number of rotatable bonds is 5. The van der Waals surface area contributed by atoms with Crippen LogP contribution in [0.25, 0.3) is 17.0 Å². The van der Waals surface area contributed by atoms with Crippen LogP contribution in [0, 0.1) is 0 Å². The zero-order valence-electron chi connectivity index (χ0n) is 15.1. The number of benzene rings is 2. The van der Waals surface area contributed by atoms with Crippen molar-refractivity contribution >= 4 is 28.9 Å². The van der Waals surface area contributed by atoms with Crippen LogP contribution < -0.4 is 0 Å². The summed E-state index contributed by atoms with van der Waals surface area (Å²) < 4.78 is 10.1. The van der Waals surface area contributed by atoms with E-state index in [-0.39, 0.29) is 0 Å². The second kappa shape index (κ2) is 8.27. The lowest BCUT2D eigenvalue weighted by Gasteiger charge is -2.12. The van der Waals surface area contributed by atoms with Gasteiger partial charge in [-0.15, -0.1) is 0 Å². The molecular formula is C22H19NO4. The zero-order valence-corrected chi connectivity index (χ0v) is 15.1. The number of para-hydroxylation sites is 1. The average Bonchev–Trinajstić information content (AvgIpc) is 2.71. The van der Waals surface area contributed by atoms with Crippen LogP contribution in [-0.4, -0.2) is 24.0 Å². The number of hydrogen-bond donors (Lipinski definition) is 0. The molecule has 0 spiro atoms. The second-order valence-electron chi connectivity index (χ2n) is 5.99. The largest absolute Gasteiger partial charge is 0.465 e. The molecule has 1 heterocycles. The summed E-state index contributed by atoms with van der Waals surface area (Å²) in [5, 5.41) is 0.999. The number of nitrogens with zero attached hydrogens (tertiary/aromatic N) is 1. The third kappa shape index (κ3) is 4.58. The van der Waals surface area contributed by atoms with Crippen LogP contribution in [-0.2, 0) is 14.3 Å². The minimum Gasteiger partial charge on any atom is -0.465 e. The van der Waals surface area contributed by atoms with Crippen LogP contribution in [0.4, 0.5) is 0 Å². The van der Waals surface area contributed by atoms with Gasteiger partial charge in [0, 0.05) is 23.2 Å². The number of carbonyl (C=O) groups is 2. The molecule has 3 aromatic rings. The highest BCUT2D eigenvalue weighted by Crippen LogP contribution is 2.21. The molecule has 1 aromatic heterocycles. The average molecular weight is 361 g/mol. The lowest BCUT2D eigenvalue weighted by molar-refractivity contribution is -0.142. The lowest BCUT2D eigenvalue weighted by atomic mass is 10.1. The molecular weight excluding hydrogens is 342 g/mol. The molecule has 0 aliphatic rings. The number of ether oxygens (including phenoxy) is 2. The maximum atomic E-state index is 12.1. The number of esters is 2. The van der Waals surface area contributed by atoms with Crippen LogP contribution >= 0.6 is 0 Å². The normalized spacial score (nSPS) is 12.1. The van der Waals surface area contributed by atoms with Crippen molar-refractivity contribution < 1.29 is 19.1 Å². The van der Waals surface area contributed by atoms with Crippen molar-refractivity contribution in [1.82, 2.24) is 4.98 Å². The van der Waals surface area contributed by atoms with Gasteiger partial charge in [0.25, 0.3) is 0 Å². The standard InChI is InChI=1S/C22H19NO4/c1-15(19-13-18-5-3-4-6-20(18)23-14-19)27-21(24)12-9-16-7-10-17(11-8-16)22(25)26-2/h3-15H,1-2H3/b12-9+. The fourth-order valence-electron chi connectivity index (χ4n) is 2.60. The van der Waals surface area contributed by atoms with Gasteiger partial charge in [-0.25, -0.2) is 9.59 Å². The summed E-state index contributed by atoms with van der Waals surface area (Å²) in [4.78, 5) is 27.9. The Labute approximate surface area is 157 Å². The van der Waals surface area contributed by atoms with Gasteiger partial charge in [0.2, 0.25) is 0 Å². The quantitative estimate of drug-likeness (QED) is 0.500. The number of fused-ring (bicyclic) bond motifs is 1. The topological polar surface area (TPSA) is 65.5 Å². The lowest BCUT2D eigenvalue weighted by Crippen LogP contribution is -2.06. The van der Waals surface area contributed by atoms with Gasteiger partial charge in [-0.1, -0.05) is 30.3 Å². The Kier molecular flexibility index (Phi) is 5.61. The summed E-state index contributed by atoms with van der Waals surface area (Å²) in [6.07, 6.45) is 4.29. The van der Waals surface area contributed by atoms with Crippen molar-refractivity contribution in [3.8, 4) is 0 Å². The summed E-state index contributed by atoms with van der Waals surface area (Å²) in [5.41, 5.74) is 2.96. The maximum Gasteiger partial charge on any atom is 0.337 e. The van der Waals surface area contributed by atoms with E-state index in [9.17, 15) is 9.59 Å². The molecule has 0 aliphatic carbocycles. The highest BCUT2D eigenvalue weighted by Gasteiger charge is 2.11. The minimum absolute atomic E-state index is 0.400. The number of carbonyl (C=O) groups excluding carboxylic acids is 2. The first kappa shape index (κ1) is 18.3. The number of methoxy groups -OCH3 is 1. The van der Waals surface area contributed by atoms with Gasteiger partial charge in [-0.2, -0.15) is 0 Å².